The van der Waals surface area contributed by atoms with E-state index in [0.717, 1.165) is 16.8 Å². The number of hydrogen-bond acceptors (Lipinski definition) is 5. The minimum Gasteiger partial charge on any atom is -0.326 e. The number of nitrogens with zero attached hydrogens (tertiary/aromatic N) is 4. The predicted molar refractivity (Wildman–Crippen MR) is 126 cm³/mol. The number of benzene rings is 2. The van der Waals surface area contributed by atoms with Crippen molar-refractivity contribution in [2.75, 3.05) is 10.6 Å². The Kier molecular flexibility index (Phi) is 5.61. The second kappa shape index (κ2) is 8.52. The number of carbonyl (C=O) groups excluding carboxylic acids is 1. The van der Waals surface area contributed by atoms with Gasteiger partial charge in [0.2, 0.25) is 11.9 Å². The molecule has 4 rings (SSSR count). The Morgan fingerprint density at radius 3 is 2.47 bits per heavy atom. The second-order valence-corrected chi connectivity index (χ2v) is 8.80. The molecule has 0 saturated carbocycles. The van der Waals surface area contributed by atoms with Crippen LogP contribution < -0.4 is 10.6 Å². The van der Waals surface area contributed by atoms with Crippen LogP contribution in [0.3, 0.4) is 0 Å². The van der Waals surface area contributed by atoms with Crippen molar-refractivity contribution in [3.8, 4) is 17.2 Å². The molecule has 0 unspecified atom stereocenters. The molecule has 32 heavy (non-hydrogen) atoms. The van der Waals surface area contributed by atoms with Crippen LogP contribution in [-0.2, 0) is 4.79 Å². The van der Waals surface area contributed by atoms with E-state index in [0.29, 0.717) is 29.3 Å². The molecule has 0 fully saturated rings. The number of para-hydroxylation sites is 1. The fraction of sp³-hybridized carbons (Fsp3) is 0.200. The minimum absolute atomic E-state index is 0.00675. The third-order valence-electron chi connectivity index (χ3n) is 4.82. The molecule has 0 saturated heterocycles. The number of rotatable bonds is 5. The maximum atomic E-state index is 12.1. The zero-order valence-electron chi connectivity index (χ0n) is 18.3. The highest BCUT2D eigenvalue weighted by Gasteiger charge is 2.16. The maximum Gasteiger partial charge on any atom is 0.247 e. The second-order valence-electron chi connectivity index (χ2n) is 8.80. The van der Waals surface area contributed by atoms with Gasteiger partial charge in [-0.05, 0) is 47.4 Å². The largest absolute Gasteiger partial charge is 0.326 e. The summed E-state index contributed by atoms with van der Waals surface area (Å²) in [7, 11) is 0. The number of nitriles is 1. The number of aromatic nitrogens is 3. The Hall–Kier alpha value is -4.18. The van der Waals surface area contributed by atoms with Crippen molar-refractivity contribution >= 4 is 28.9 Å². The first-order chi connectivity index (χ1) is 15.3. The molecule has 2 aromatic heterocycles. The average Bonchev–Trinajstić information content (AvgIpc) is 3.15. The highest BCUT2D eigenvalue weighted by Crippen LogP contribution is 2.24. The van der Waals surface area contributed by atoms with E-state index in [2.05, 4.69) is 26.8 Å². The average molecular weight is 425 g/mol. The number of pyridine rings is 1. The Bertz CT molecular complexity index is 1310. The molecule has 2 N–H and O–H groups in total. The normalized spacial score (nSPS) is 11.2. The molecule has 0 aliphatic carbocycles. The minimum atomic E-state index is -0.0539. The number of fused-ring (bicyclic) bond motifs is 1. The van der Waals surface area contributed by atoms with Crippen LogP contribution in [0.2, 0.25) is 0 Å². The van der Waals surface area contributed by atoms with Crippen molar-refractivity contribution in [1.29, 1.82) is 5.26 Å². The van der Waals surface area contributed by atoms with E-state index >= 15 is 0 Å². The Balaban J connectivity index is 1.51. The lowest BCUT2D eigenvalue weighted by Gasteiger charge is -2.17. The fourth-order valence-corrected chi connectivity index (χ4v) is 3.35. The Morgan fingerprint density at radius 2 is 1.75 bits per heavy atom. The maximum absolute atomic E-state index is 12.1. The molecule has 160 valence electrons. The molecule has 0 aliphatic heterocycles. The first-order valence-corrected chi connectivity index (χ1v) is 10.3. The van der Waals surface area contributed by atoms with Crippen LogP contribution >= 0.6 is 0 Å². The lowest BCUT2D eigenvalue weighted by atomic mass is 9.92. The molecule has 2 aromatic carbocycles. The number of amides is 1. The highest BCUT2D eigenvalue weighted by molar-refractivity contribution is 5.91. The molecule has 7 nitrogen and oxygen atoms in total. The van der Waals surface area contributed by atoms with Crippen molar-refractivity contribution in [3.05, 3.63) is 72.4 Å². The van der Waals surface area contributed by atoms with Gasteiger partial charge in [-0.15, -0.1) is 5.10 Å². The highest BCUT2D eigenvalue weighted by atomic mass is 16.1. The number of carbonyl (C=O) groups is 1. The Labute approximate surface area is 186 Å². The van der Waals surface area contributed by atoms with Gasteiger partial charge in [-0.2, -0.15) is 10.2 Å². The summed E-state index contributed by atoms with van der Waals surface area (Å²) < 4.78 is 1.70. The van der Waals surface area contributed by atoms with Gasteiger partial charge in [0.05, 0.1) is 11.3 Å². The molecular weight excluding hydrogens is 400 g/mol. The van der Waals surface area contributed by atoms with Gasteiger partial charge >= 0.3 is 0 Å². The standard InChI is InChI=1S/C25H24N6O/c1-25(2,3)14-23(32)27-20-11-8-17(9-12-20)19-10-13-22-29-24(30-31(22)16-19)28-21-7-5-4-6-18(21)15-26/h4-13,16H,14H2,1-3H3,(H,27,32)(H,28,30). The van der Waals surface area contributed by atoms with E-state index in [9.17, 15) is 10.1 Å². The zero-order chi connectivity index (χ0) is 22.7. The summed E-state index contributed by atoms with van der Waals surface area (Å²) >= 11 is 0. The molecule has 0 bridgehead atoms. The molecule has 0 radical (unpaired) electrons. The van der Waals surface area contributed by atoms with Crippen LogP contribution in [0, 0.1) is 16.7 Å². The van der Waals surface area contributed by atoms with E-state index in [4.69, 9.17) is 0 Å². The smallest absolute Gasteiger partial charge is 0.247 e. The predicted octanol–water partition coefficient (Wildman–Crippen LogP) is 5.39. The van der Waals surface area contributed by atoms with E-state index < -0.39 is 0 Å². The van der Waals surface area contributed by atoms with Crippen molar-refractivity contribution in [3.63, 3.8) is 0 Å². The molecule has 0 atom stereocenters. The third-order valence-corrected chi connectivity index (χ3v) is 4.82. The molecule has 7 heteroatoms. The SMILES string of the molecule is CC(C)(C)CC(=O)Nc1ccc(-c2ccc3nc(Nc4ccccc4C#N)nn3c2)cc1. The summed E-state index contributed by atoms with van der Waals surface area (Å²) in [6, 6.07) is 21.0. The van der Waals surface area contributed by atoms with Crippen LogP contribution in [0.5, 0.6) is 0 Å². The molecule has 4 aromatic rings. The van der Waals surface area contributed by atoms with Crippen molar-refractivity contribution in [2.45, 2.75) is 27.2 Å². The topological polar surface area (TPSA) is 95.1 Å². The van der Waals surface area contributed by atoms with Crippen molar-refractivity contribution < 1.29 is 4.79 Å². The van der Waals surface area contributed by atoms with Gasteiger partial charge in [-0.1, -0.05) is 45.0 Å². The van der Waals surface area contributed by atoms with E-state index in [1.807, 2.05) is 81.6 Å². The molecule has 2 heterocycles. The van der Waals surface area contributed by atoms with E-state index in [1.54, 1.807) is 10.6 Å². The van der Waals surface area contributed by atoms with E-state index in [-0.39, 0.29) is 11.3 Å². The molecule has 0 aliphatic rings. The van der Waals surface area contributed by atoms with Crippen molar-refractivity contribution in [1.82, 2.24) is 14.6 Å². The van der Waals surface area contributed by atoms with Gasteiger partial charge in [0.1, 0.15) is 6.07 Å². The first-order valence-electron chi connectivity index (χ1n) is 10.3. The third kappa shape index (κ3) is 4.93. The summed E-state index contributed by atoms with van der Waals surface area (Å²) in [5.41, 5.74) is 4.57. The first kappa shape index (κ1) is 21.1. The molecular formula is C25H24N6O. The number of anilines is 3. The summed E-state index contributed by atoms with van der Waals surface area (Å²) in [5, 5.41) is 19.8. The van der Waals surface area contributed by atoms with Gasteiger partial charge in [0, 0.05) is 23.9 Å². The van der Waals surface area contributed by atoms with E-state index in [1.165, 1.54) is 0 Å². The monoisotopic (exact) mass is 424 g/mol. The molecule has 1 amide bonds. The van der Waals surface area contributed by atoms with Crippen LogP contribution in [0.4, 0.5) is 17.3 Å². The lowest BCUT2D eigenvalue weighted by Crippen LogP contribution is -2.19. The molecule has 0 spiro atoms. The zero-order valence-corrected chi connectivity index (χ0v) is 18.3. The van der Waals surface area contributed by atoms with Gasteiger partial charge < -0.3 is 10.6 Å². The summed E-state index contributed by atoms with van der Waals surface area (Å²) in [5.74, 6) is 0.425. The van der Waals surface area contributed by atoms with Crippen LogP contribution in [0.15, 0.2) is 66.9 Å². The van der Waals surface area contributed by atoms with Crippen LogP contribution in [0.25, 0.3) is 16.8 Å². The summed E-state index contributed by atoms with van der Waals surface area (Å²) in [6.07, 6.45) is 2.36. The van der Waals surface area contributed by atoms with Gasteiger partial charge in [0.15, 0.2) is 5.65 Å². The Morgan fingerprint density at radius 1 is 1.03 bits per heavy atom. The fourth-order valence-electron chi connectivity index (χ4n) is 3.35. The number of nitrogens with one attached hydrogen (secondary N) is 2. The number of hydrogen-bond donors (Lipinski definition) is 2. The van der Waals surface area contributed by atoms with Crippen molar-refractivity contribution in [2.24, 2.45) is 5.41 Å². The van der Waals surface area contributed by atoms with Crippen LogP contribution in [0.1, 0.15) is 32.8 Å². The van der Waals surface area contributed by atoms with Crippen LogP contribution in [-0.4, -0.2) is 20.5 Å². The van der Waals surface area contributed by atoms with Gasteiger partial charge in [-0.25, -0.2) is 4.52 Å². The van der Waals surface area contributed by atoms with Gasteiger partial charge in [-0.3, -0.25) is 4.79 Å². The lowest BCUT2D eigenvalue weighted by molar-refractivity contribution is -0.117. The summed E-state index contributed by atoms with van der Waals surface area (Å²) in [4.78, 5) is 16.6. The van der Waals surface area contributed by atoms with Gasteiger partial charge in [0.25, 0.3) is 0 Å². The summed E-state index contributed by atoms with van der Waals surface area (Å²) in [6.45, 7) is 6.12. The quantitative estimate of drug-likeness (QED) is 0.448.